The Morgan fingerprint density at radius 2 is 2.14 bits per heavy atom. The maximum atomic E-state index is 5.80. The summed E-state index contributed by atoms with van der Waals surface area (Å²) in [6.45, 7) is 8.24. The van der Waals surface area contributed by atoms with Gasteiger partial charge in [0.2, 0.25) is 5.88 Å². The summed E-state index contributed by atoms with van der Waals surface area (Å²) in [5.41, 5.74) is 0.909. The molecule has 0 unspecified atom stereocenters. The van der Waals surface area contributed by atoms with Gasteiger partial charge in [0.25, 0.3) is 0 Å². The SMILES string of the molecule is CCC(C)(C)Oc1ncc(Br)cc1C. The fraction of sp³-hybridized carbons (Fsp3) is 0.545. The summed E-state index contributed by atoms with van der Waals surface area (Å²) in [7, 11) is 0. The van der Waals surface area contributed by atoms with Gasteiger partial charge in [-0.15, -0.1) is 0 Å². The number of aryl methyl sites for hydroxylation is 1. The van der Waals surface area contributed by atoms with E-state index in [0.717, 1.165) is 22.3 Å². The van der Waals surface area contributed by atoms with Gasteiger partial charge in [0.1, 0.15) is 5.60 Å². The second-order valence-corrected chi connectivity index (χ2v) is 4.91. The maximum Gasteiger partial charge on any atom is 0.216 e. The van der Waals surface area contributed by atoms with Crippen molar-refractivity contribution in [2.24, 2.45) is 0 Å². The van der Waals surface area contributed by atoms with Crippen molar-refractivity contribution in [3.8, 4) is 5.88 Å². The van der Waals surface area contributed by atoms with Crippen molar-refractivity contribution < 1.29 is 4.74 Å². The molecule has 0 atom stereocenters. The molecule has 0 N–H and O–H groups in total. The van der Waals surface area contributed by atoms with Crippen LogP contribution in [0.15, 0.2) is 16.7 Å². The summed E-state index contributed by atoms with van der Waals surface area (Å²) >= 11 is 3.37. The van der Waals surface area contributed by atoms with Gasteiger partial charge >= 0.3 is 0 Å². The molecule has 1 heterocycles. The third-order valence-corrected chi connectivity index (χ3v) is 2.65. The van der Waals surface area contributed by atoms with E-state index >= 15 is 0 Å². The number of halogens is 1. The van der Waals surface area contributed by atoms with Gasteiger partial charge in [0, 0.05) is 16.2 Å². The minimum absolute atomic E-state index is 0.147. The van der Waals surface area contributed by atoms with Gasteiger partial charge in [-0.05, 0) is 49.2 Å². The van der Waals surface area contributed by atoms with E-state index in [2.05, 4.69) is 41.7 Å². The number of ether oxygens (including phenoxy) is 1. The molecule has 0 aromatic carbocycles. The Morgan fingerprint density at radius 1 is 1.50 bits per heavy atom. The van der Waals surface area contributed by atoms with Crippen LogP contribution < -0.4 is 4.74 Å². The zero-order valence-corrected chi connectivity index (χ0v) is 10.7. The van der Waals surface area contributed by atoms with Gasteiger partial charge in [-0.3, -0.25) is 0 Å². The molecule has 0 spiro atoms. The lowest BCUT2D eigenvalue weighted by atomic mass is 10.1. The second-order valence-electron chi connectivity index (χ2n) is 3.99. The Kier molecular flexibility index (Phi) is 3.53. The maximum absolute atomic E-state index is 5.80. The van der Waals surface area contributed by atoms with Crippen molar-refractivity contribution in [2.75, 3.05) is 0 Å². The van der Waals surface area contributed by atoms with Crippen LogP contribution in [-0.2, 0) is 0 Å². The lowest BCUT2D eigenvalue weighted by Crippen LogP contribution is -2.27. The first-order valence-electron chi connectivity index (χ1n) is 4.76. The molecule has 14 heavy (non-hydrogen) atoms. The zero-order chi connectivity index (χ0) is 10.8. The first-order valence-corrected chi connectivity index (χ1v) is 5.55. The van der Waals surface area contributed by atoms with E-state index in [1.54, 1.807) is 6.20 Å². The van der Waals surface area contributed by atoms with Crippen LogP contribution in [0.1, 0.15) is 32.8 Å². The molecule has 1 aromatic rings. The Bertz CT molecular complexity index is 323. The molecule has 0 fully saturated rings. The number of hydrogen-bond donors (Lipinski definition) is 0. The number of nitrogens with zero attached hydrogens (tertiary/aromatic N) is 1. The largest absolute Gasteiger partial charge is 0.471 e. The van der Waals surface area contributed by atoms with Gasteiger partial charge in [-0.1, -0.05) is 6.92 Å². The van der Waals surface area contributed by atoms with Gasteiger partial charge < -0.3 is 4.74 Å². The van der Waals surface area contributed by atoms with E-state index in [-0.39, 0.29) is 5.60 Å². The predicted octanol–water partition coefficient (Wildman–Crippen LogP) is 3.72. The van der Waals surface area contributed by atoms with Crippen LogP contribution in [0.4, 0.5) is 0 Å². The zero-order valence-electron chi connectivity index (χ0n) is 9.10. The number of rotatable bonds is 3. The van der Waals surface area contributed by atoms with E-state index < -0.39 is 0 Å². The lowest BCUT2D eigenvalue weighted by molar-refractivity contribution is 0.0979. The quantitative estimate of drug-likeness (QED) is 0.824. The minimum Gasteiger partial charge on any atom is -0.471 e. The fourth-order valence-electron chi connectivity index (χ4n) is 0.969. The molecule has 1 rings (SSSR count). The topological polar surface area (TPSA) is 22.1 Å². The van der Waals surface area contributed by atoms with Crippen molar-refractivity contribution in [1.29, 1.82) is 0 Å². The molecular weight excluding hydrogens is 242 g/mol. The first-order chi connectivity index (χ1) is 6.44. The predicted molar refractivity (Wildman–Crippen MR) is 61.7 cm³/mol. The highest BCUT2D eigenvalue weighted by molar-refractivity contribution is 9.10. The van der Waals surface area contributed by atoms with Crippen molar-refractivity contribution in [1.82, 2.24) is 4.98 Å². The van der Waals surface area contributed by atoms with Crippen LogP contribution in [0.25, 0.3) is 0 Å². The van der Waals surface area contributed by atoms with E-state index in [1.807, 2.05) is 13.0 Å². The number of pyridine rings is 1. The lowest BCUT2D eigenvalue weighted by Gasteiger charge is -2.24. The summed E-state index contributed by atoms with van der Waals surface area (Å²) in [6.07, 6.45) is 2.72. The Hall–Kier alpha value is -0.570. The number of hydrogen-bond acceptors (Lipinski definition) is 2. The smallest absolute Gasteiger partial charge is 0.216 e. The molecule has 0 bridgehead atoms. The van der Waals surface area contributed by atoms with Crippen molar-refractivity contribution >= 4 is 15.9 Å². The standard InChI is InChI=1S/C11H16BrNO/c1-5-11(3,4)14-10-8(2)6-9(12)7-13-10/h6-7H,5H2,1-4H3. The molecule has 0 aliphatic heterocycles. The van der Waals surface area contributed by atoms with E-state index in [1.165, 1.54) is 0 Å². The molecule has 0 aliphatic rings. The molecule has 78 valence electrons. The first kappa shape index (κ1) is 11.5. The number of aromatic nitrogens is 1. The third kappa shape index (κ3) is 2.98. The van der Waals surface area contributed by atoms with Gasteiger partial charge in [0.05, 0.1) is 0 Å². The normalized spacial score (nSPS) is 11.5. The highest BCUT2D eigenvalue weighted by Crippen LogP contribution is 2.24. The molecule has 0 aliphatic carbocycles. The summed E-state index contributed by atoms with van der Waals surface area (Å²) in [5, 5.41) is 0. The average molecular weight is 258 g/mol. The third-order valence-electron chi connectivity index (χ3n) is 2.22. The molecule has 0 saturated carbocycles. The van der Waals surface area contributed by atoms with Gasteiger partial charge in [-0.25, -0.2) is 4.98 Å². The fourth-order valence-corrected chi connectivity index (χ4v) is 1.41. The summed E-state index contributed by atoms with van der Waals surface area (Å²) < 4.78 is 6.79. The Balaban J connectivity index is 2.87. The van der Waals surface area contributed by atoms with Crippen LogP contribution in [0, 0.1) is 6.92 Å². The molecule has 0 amide bonds. The van der Waals surface area contributed by atoms with Crippen LogP contribution in [0.5, 0.6) is 5.88 Å². The molecule has 1 aromatic heterocycles. The second kappa shape index (κ2) is 4.30. The van der Waals surface area contributed by atoms with E-state index in [4.69, 9.17) is 4.74 Å². The van der Waals surface area contributed by atoms with Gasteiger partial charge in [-0.2, -0.15) is 0 Å². The van der Waals surface area contributed by atoms with Crippen molar-refractivity contribution in [2.45, 2.75) is 39.7 Å². The van der Waals surface area contributed by atoms with E-state index in [0.29, 0.717) is 0 Å². The monoisotopic (exact) mass is 257 g/mol. The van der Waals surface area contributed by atoms with Crippen LogP contribution in [0.3, 0.4) is 0 Å². The van der Waals surface area contributed by atoms with Crippen LogP contribution in [-0.4, -0.2) is 10.6 Å². The Morgan fingerprint density at radius 3 is 2.64 bits per heavy atom. The average Bonchev–Trinajstić information content (AvgIpc) is 2.10. The van der Waals surface area contributed by atoms with Crippen molar-refractivity contribution in [3.05, 3.63) is 22.3 Å². The molecule has 0 radical (unpaired) electrons. The van der Waals surface area contributed by atoms with Crippen LogP contribution >= 0.6 is 15.9 Å². The molecule has 0 saturated heterocycles. The summed E-state index contributed by atoms with van der Waals surface area (Å²) in [5.74, 6) is 0.722. The molecule has 3 heteroatoms. The minimum atomic E-state index is -0.147. The highest BCUT2D eigenvalue weighted by atomic mass is 79.9. The summed E-state index contributed by atoms with van der Waals surface area (Å²) in [6, 6.07) is 2.01. The van der Waals surface area contributed by atoms with Gasteiger partial charge in [0.15, 0.2) is 0 Å². The summed E-state index contributed by atoms with van der Waals surface area (Å²) in [4.78, 5) is 4.24. The van der Waals surface area contributed by atoms with Crippen LogP contribution in [0.2, 0.25) is 0 Å². The molecular formula is C11H16BrNO. The Labute approximate surface area is 93.8 Å². The molecule has 2 nitrogen and oxygen atoms in total. The van der Waals surface area contributed by atoms with Crippen molar-refractivity contribution in [3.63, 3.8) is 0 Å². The van der Waals surface area contributed by atoms with E-state index in [9.17, 15) is 0 Å². The highest BCUT2D eigenvalue weighted by Gasteiger charge is 2.18.